The first kappa shape index (κ1) is 11.3. The number of hydrogen-bond donors (Lipinski definition) is 0. The maximum atomic E-state index is 10.3. The number of carbonyl (C=O) groups excluding carboxylic acids is 1. The first-order valence-corrected chi connectivity index (χ1v) is 4.61. The van der Waals surface area contributed by atoms with Gasteiger partial charge in [-0.3, -0.25) is 0 Å². The molecule has 66 valence electrons. The molecule has 0 saturated carbocycles. The average Bonchev–Trinajstić information content (AvgIpc) is 2.44. The third kappa shape index (κ3) is 2.35. The zero-order chi connectivity index (χ0) is 9.26. The van der Waals surface area contributed by atoms with Gasteiger partial charge in [-0.25, -0.2) is 4.98 Å². The molecule has 0 aliphatic rings. The molecule has 5 heteroatoms. The molecule has 0 saturated heterocycles. The number of nitrogens with zero attached hydrogens (tertiary/aromatic N) is 1. The smallest absolute Gasteiger partial charge is 0.550 e. The van der Waals surface area contributed by atoms with E-state index < -0.39 is 5.97 Å². The minimum Gasteiger partial charge on any atom is -0.550 e. The molecule has 0 bridgehead atoms. The average molecular weight is 199 g/mol. The van der Waals surface area contributed by atoms with E-state index in [1.54, 1.807) is 0 Å². The molecule has 14 heavy (non-hydrogen) atoms. The van der Waals surface area contributed by atoms with Gasteiger partial charge in [0.1, 0.15) is 0 Å². The van der Waals surface area contributed by atoms with Crippen molar-refractivity contribution in [1.82, 2.24) is 4.98 Å². The van der Waals surface area contributed by atoms with Gasteiger partial charge in [0.05, 0.1) is 15.2 Å². The maximum absolute atomic E-state index is 10.3. The SMILES string of the molecule is O=C([O-])Cc1nc2ccccc2s1.[Li+]. The predicted octanol–water partition coefficient (Wildman–Crippen LogP) is -2.41. The molecule has 0 aliphatic heterocycles. The van der Waals surface area contributed by atoms with Gasteiger partial charge in [-0.1, -0.05) is 12.1 Å². The molecule has 0 N–H and O–H groups in total. The molecule has 0 unspecified atom stereocenters. The van der Waals surface area contributed by atoms with Gasteiger partial charge in [0.2, 0.25) is 0 Å². The van der Waals surface area contributed by atoms with Gasteiger partial charge in [-0.05, 0) is 12.1 Å². The largest absolute Gasteiger partial charge is 1.00 e. The van der Waals surface area contributed by atoms with Crippen LogP contribution in [0, 0.1) is 0 Å². The van der Waals surface area contributed by atoms with Crippen LogP contribution in [0.4, 0.5) is 0 Å². The Kier molecular flexibility index (Phi) is 3.70. The van der Waals surface area contributed by atoms with Crippen LogP contribution >= 0.6 is 11.3 Å². The molecule has 0 radical (unpaired) electrons. The number of carbonyl (C=O) groups is 1. The van der Waals surface area contributed by atoms with Crippen molar-refractivity contribution < 1.29 is 28.8 Å². The van der Waals surface area contributed by atoms with Gasteiger partial charge in [0.25, 0.3) is 0 Å². The van der Waals surface area contributed by atoms with Gasteiger partial charge < -0.3 is 9.90 Å². The Labute approximate surface area is 97.0 Å². The summed E-state index contributed by atoms with van der Waals surface area (Å²) in [5.41, 5.74) is 0.851. The molecule has 1 aromatic carbocycles. The summed E-state index contributed by atoms with van der Waals surface area (Å²) < 4.78 is 1.01. The predicted molar refractivity (Wildman–Crippen MR) is 48.3 cm³/mol. The first-order valence-electron chi connectivity index (χ1n) is 3.80. The molecular formula is C9H6LiNO2S. The maximum Gasteiger partial charge on any atom is 1.00 e. The van der Waals surface area contributed by atoms with E-state index in [2.05, 4.69) is 4.98 Å². The van der Waals surface area contributed by atoms with Crippen LogP contribution in [0.15, 0.2) is 24.3 Å². The Balaban J connectivity index is 0.000000980. The first-order chi connectivity index (χ1) is 6.25. The molecule has 0 amide bonds. The fourth-order valence-electron chi connectivity index (χ4n) is 1.12. The topological polar surface area (TPSA) is 53.0 Å². The van der Waals surface area contributed by atoms with Crippen molar-refractivity contribution in [2.75, 3.05) is 0 Å². The fourth-order valence-corrected chi connectivity index (χ4v) is 2.07. The monoisotopic (exact) mass is 199 g/mol. The van der Waals surface area contributed by atoms with Gasteiger partial charge in [-0.15, -0.1) is 11.3 Å². The number of hydrogen-bond acceptors (Lipinski definition) is 4. The van der Waals surface area contributed by atoms with E-state index in [-0.39, 0.29) is 25.3 Å². The van der Waals surface area contributed by atoms with Crippen molar-refractivity contribution in [2.24, 2.45) is 0 Å². The molecule has 1 aromatic heterocycles. The van der Waals surface area contributed by atoms with E-state index in [9.17, 15) is 9.90 Å². The molecule has 0 spiro atoms. The second-order valence-corrected chi connectivity index (χ2v) is 3.74. The van der Waals surface area contributed by atoms with Crippen molar-refractivity contribution in [1.29, 1.82) is 0 Å². The second-order valence-electron chi connectivity index (χ2n) is 2.62. The summed E-state index contributed by atoms with van der Waals surface area (Å²) in [5, 5.41) is 10.9. The molecule has 3 nitrogen and oxygen atoms in total. The molecule has 2 rings (SSSR count). The number of thiazole rings is 1. The van der Waals surface area contributed by atoms with E-state index in [4.69, 9.17) is 0 Å². The molecule has 0 atom stereocenters. The summed E-state index contributed by atoms with van der Waals surface area (Å²) in [4.78, 5) is 14.5. The summed E-state index contributed by atoms with van der Waals surface area (Å²) in [7, 11) is 0. The standard InChI is InChI=1S/C9H7NO2S.Li/c11-9(12)5-8-10-6-3-1-2-4-7(6)13-8;/h1-4H,5H2,(H,11,12);/q;+1/p-1. The quantitative estimate of drug-likeness (QED) is 0.506. The number of carboxylic acid groups (broad SMARTS) is 1. The Morgan fingerprint density at radius 2 is 2.14 bits per heavy atom. The molecule has 0 fully saturated rings. The fraction of sp³-hybridized carbons (Fsp3) is 0.111. The number of aliphatic carboxylic acids is 1. The number of carboxylic acids is 1. The van der Waals surface area contributed by atoms with Gasteiger partial charge in [0, 0.05) is 12.4 Å². The van der Waals surface area contributed by atoms with Crippen molar-refractivity contribution >= 4 is 27.5 Å². The van der Waals surface area contributed by atoms with Gasteiger partial charge in [0.15, 0.2) is 0 Å². The summed E-state index contributed by atoms with van der Waals surface area (Å²) in [6, 6.07) is 7.57. The van der Waals surface area contributed by atoms with Crippen LogP contribution in [0.2, 0.25) is 0 Å². The number of fused-ring (bicyclic) bond motifs is 1. The van der Waals surface area contributed by atoms with E-state index in [0.717, 1.165) is 10.2 Å². The normalized spacial score (nSPS) is 9.71. The number of rotatable bonds is 2. The van der Waals surface area contributed by atoms with Crippen LogP contribution < -0.4 is 24.0 Å². The van der Waals surface area contributed by atoms with Crippen LogP contribution in [-0.2, 0) is 11.2 Å². The van der Waals surface area contributed by atoms with Gasteiger partial charge in [-0.2, -0.15) is 0 Å². The molecule has 1 heterocycles. The molecule has 0 aliphatic carbocycles. The van der Waals surface area contributed by atoms with E-state index in [1.165, 1.54) is 11.3 Å². The van der Waals surface area contributed by atoms with E-state index in [0.29, 0.717) is 5.01 Å². The van der Waals surface area contributed by atoms with Crippen molar-refractivity contribution in [3.63, 3.8) is 0 Å². The Bertz CT molecular complexity index is 422. The Morgan fingerprint density at radius 3 is 2.79 bits per heavy atom. The number of benzene rings is 1. The molecular weight excluding hydrogens is 193 g/mol. The minimum absolute atomic E-state index is 0. The summed E-state index contributed by atoms with van der Waals surface area (Å²) >= 11 is 1.39. The zero-order valence-corrected chi connectivity index (χ0v) is 8.50. The van der Waals surface area contributed by atoms with Crippen molar-refractivity contribution in [3.8, 4) is 0 Å². The van der Waals surface area contributed by atoms with Crippen LogP contribution in [0.25, 0.3) is 10.2 Å². The van der Waals surface area contributed by atoms with Crippen LogP contribution in [0.1, 0.15) is 5.01 Å². The second kappa shape index (κ2) is 4.60. The Morgan fingerprint density at radius 1 is 1.43 bits per heavy atom. The van der Waals surface area contributed by atoms with Gasteiger partial charge >= 0.3 is 18.9 Å². The number of para-hydroxylation sites is 1. The van der Waals surface area contributed by atoms with Crippen LogP contribution in [0.5, 0.6) is 0 Å². The summed E-state index contributed by atoms with van der Waals surface area (Å²) in [6.45, 7) is 0. The third-order valence-corrected chi connectivity index (χ3v) is 2.67. The van der Waals surface area contributed by atoms with Crippen LogP contribution in [0.3, 0.4) is 0 Å². The molecule has 2 aromatic rings. The van der Waals surface area contributed by atoms with Crippen molar-refractivity contribution in [3.05, 3.63) is 29.3 Å². The minimum atomic E-state index is -1.08. The summed E-state index contributed by atoms with van der Waals surface area (Å²) in [6.07, 6.45) is -0.0979. The Hall–Kier alpha value is -0.823. The number of aromatic nitrogens is 1. The third-order valence-electron chi connectivity index (χ3n) is 1.63. The summed E-state index contributed by atoms with van der Waals surface area (Å²) in [5.74, 6) is -1.08. The zero-order valence-electron chi connectivity index (χ0n) is 7.69. The van der Waals surface area contributed by atoms with E-state index >= 15 is 0 Å². The van der Waals surface area contributed by atoms with Crippen molar-refractivity contribution in [2.45, 2.75) is 6.42 Å². The van der Waals surface area contributed by atoms with Crippen LogP contribution in [-0.4, -0.2) is 11.0 Å². The van der Waals surface area contributed by atoms with E-state index in [1.807, 2.05) is 24.3 Å².